The second kappa shape index (κ2) is 7.45. The van der Waals surface area contributed by atoms with Gasteiger partial charge in [-0.1, -0.05) is 11.6 Å². The number of imidazole rings is 1. The molecule has 0 aliphatic carbocycles. The van der Waals surface area contributed by atoms with Crippen LogP contribution in [0.2, 0.25) is 5.02 Å². The lowest BCUT2D eigenvalue weighted by atomic mass is 10.1. The Morgan fingerprint density at radius 1 is 1.07 bits per heavy atom. The summed E-state index contributed by atoms with van der Waals surface area (Å²) >= 11 is 6.32. The van der Waals surface area contributed by atoms with Gasteiger partial charge in [-0.05, 0) is 56.8 Å². The summed E-state index contributed by atoms with van der Waals surface area (Å²) in [6.07, 6.45) is 4.87. The van der Waals surface area contributed by atoms with E-state index in [1.165, 1.54) is 0 Å². The van der Waals surface area contributed by atoms with Gasteiger partial charge in [-0.3, -0.25) is 0 Å². The molecule has 0 atom stereocenters. The van der Waals surface area contributed by atoms with Gasteiger partial charge in [0.1, 0.15) is 5.58 Å². The quantitative estimate of drug-likeness (QED) is 0.453. The monoisotopic (exact) mass is 422 g/mol. The predicted molar refractivity (Wildman–Crippen MR) is 121 cm³/mol. The van der Waals surface area contributed by atoms with E-state index in [1.807, 2.05) is 48.0 Å². The highest BCUT2D eigenvalue weighted by Crippen LogP contribution is 2.27. The summed E-state index contributed by atoms with van der Waals surface area (Å²) in [5.74, 6) is 0. The minimum Gasteiger partial charge on any atom is -0.422 e. The number of benzene rings is 1. The zero-order valence-electron chi connectivity index (χ0n) is 17.1. The molecule has 1 aliphatic rings. The molecule has 0 radical (unpaired) electrons. The fourth-order valence-electron chi connectivity index (χ4n) is 4.10. The van der Waals surface area contributed by atoms with Crippen LogP contribution in [-0.4, -0.2) is 47.5 Å². The van der Waals surface area contributed by atoms with Crippen molar-refractivity contribution < 1.29 is 4.42 Å². The topological polar surface area (TPSA) is 54.0 Å². The van der Waals surface area contributed by atoms with Crippen LogP contribution in [0.25, 0.3) is 27.9 Å². The number of fused-ring (bicyclic) bond motifs is 2. The summed E-state index contributed by atoms with van der Waals surface area (Å²) < 4.78 is 7.55. The first-order valence-electron chi connectivity index (χ1n) is 10.1. The largest absolute Gasteiger partial charge is 0.422 e. The highest BCUT2D eigenvalue weighted by Gasteiger charge is 2.16. The van der Waals surface area contributed by atoms with Crippen LogP contribution in [0.15, 0.2) is 51.9 Å². The number of halogens is 1. The first-order valence-corrected chi connectivity index (χ1v) is 10.5. The number of hydrogen-bond donors (Lipinski definition) is 0. The van der Waals surface area contributed by atoms with Crippen molar-refractivity contribution in [3.05, 3.63) is 63.7 Å². The van der Waals surface area contributed by atoms with Crippen LogP contribution < -0.4 is 10.5 Å². The van der Waals surface area contributed by atoms with Crippen molar-refractivity contribution >= 4 is 33.9 Å². The van der Waals surface area contributed by atoms with Gasteiger partial charge in [-0.25, -0.2) is 9.78 Å². The zero-order valence-corrected chi connectivity index (χ0v) is 17.8. The Morgan fingerprint density at radius 2 is 1.93 bits per heavy atom. The average Bonchev–Trinajstić information content (AvgIpc) is 3.01. The Balaban J connectivity index is 1.54. The highest BCUT2D eigenvalue weighted by atomic mass is 35.5. The van der Waals surface area contributed by atoms with Gasteiger partial charge < -0.3 is 18.6 Å². The van der Waals surface area contributed by atoms with E-state index in [2.05, 4.69) is 27.9 Å². The predicted octanol–water partition coefficient (Wildman–Crippen LogP) is 4.21. The normalized spacial score (nSPS) is 15.8. The molecule has 1 fully saturated rings. The summed E-state index contributed by atoms with van der Waals surface area (Å²) in [7, 11) is 2.15. The maximum atomic E-state index is 12.8. The van der Waals surface area contributed by atoms with Crippen molar-refractivity contribution in [1.82, 2.24) is 14.3 Å². The van der Waals surface area contributed by atoms with E-state index in [9.17, 15) is 4.79 Å². The van der Waals surface area contributed by atoms with E-state index in [4.69, 9.17) is 16.0 Å². The van der Waals surface area contributed by atoms with Crippen LogP contribution in [0.4, 0.5) is 5.69 Å². The van der Waals surface area contributed by atoms with Crippen molar-refractivity contribution in [3.8, 4) is 11.3 Å². The standard InChI is InChI=1S/C23H23ClN4O2/c1-15-10-19(24)22-25-20(14-28(22)13-15)18-11-16-4-5-17(12-21(16)30-23(18)29)27-7-3-6-26(2)8-9-27/h4-5,10-14H,3,6-9H2,1-2H3. The third-order valence-electron chi connectivity index (χ3n) is 5.72. The summed E-state index contributed by atoms with van der Waals surface area (Å²) in [4.78, 5) is 22.0. The molecule has 1 aliphatic heterocycles. The lowest BCUT2D eigenvalue weighted by molar-refractivity contribution is 0.360. The van der Waals surface area contributed by atoms with Crippen LogP contribution in [0.5, 0.6) is 0 Å². The smallest absolute Gasteiger partial charge is 0.345 e. The van der Waals surface area contributed by atoms with Gasteiger partial charge in [0.2, 0.25) is 0 Å². The summed E-state index contributed by atoms with van der Waals surface area (Å²) in [6.45, 7) is 6.06. The average molecular weight is 423 g/mol. The second-order valence-electron chi connectivity index (χ2n) is 8.04. The molecule has 3 aromatic heterocycles. The van der Waals surface area contributed by atoms with Gasteiger partial charge in [0.15, 0.2) is 5.65 Å². The van der Waals surface area contributed by atoms with Crippen molar-refractivity contribution in [3.63, 3.8) is 0 Å². The number of nitrogens with zero attached hydrogens (tertiary/aromatic N) is 4. The van der Waals surface area contributed by atoms with E-state index in [0.717, 1.165) is 49.2 Å². The number of anilines is 1. The minimum atomic E-state index is -0.397. The summed E-state index contributed by atoms with van der Waals surface area (Å²) in [5, 5.41) is 1.43. The van der Waals surface area contributed by atoms with E-state index in [1.54, 1.807) is 0 Å². The molecule has 5 rings (SSSR count). The second-order valence-corrected chi connectivity index (χ2v) is 8.44. The number of rotatable bonds is 2. The Bertz CT molecular complexity index is 1310. The SMILES string of the molecule is Cc1cc(Cl)c2nc(-c3cc4ccc(N5CCCN(C)CC5)cc4oc3=O)cn2c1. The molecule has 1 aromatic carbocycles. The van der Waals surface area contributed by atoms with Gasteiger partial charge in [-0.15, -0.1) is 0 Å². The van der Waals surface area contributed by atoms with Crippen LogP contribution in [0, 0.1) is 6.92 Å². The van der Waals surface area contributed by atoms with Crippen LogP contribution in [-0.2, 0) is 0 Å². The Hall–Kier alpha value is -2.83. The van der Waals surface area contributed by atoms with E-state index < -0.39 is 5.63 Å². The van der Waals surface area contributed by atoms with Gasteiger partial charge in [0.05, 0.1) is 16.3 Å². The third kappa shape index (κ3) is 3.46. The molecular formula is C23H23ClN4O2. The third-order valence-corrected chi connectivity index (χ3v) is 6.00. The molecule has 154 valence electrons. The highest BCUT2D eigenvalue weighted by molar-refractivity contribution is 6.33. The fourth-order valence-corrected chi connectivity index (χ4v) is 4.41. The first kappa shape index (κ1) is 19.2. The Labute approximate surface area is 179 Å². The lowest BCUT2D eigenvalue weighted by Crippen LogP contribution is -2.28. The Morgan fingerprint density at radius 3 is 2.80 bits per heavy atom. The molecule has 0 amide bonds. The number of aromatic nitrogens is 2. The molecule has 0 unspecified atom stereocenters. The van der Waals surface area contributed by atoms with E-state index in [0.29, 0.717) is 27.5 Å². The van der Waals surface area contributed by atoms with Crippen LogP contribution in [0.1, 0.15) is 12.0 Å². The molecule has 0 spiro atoms. The summed E-state index contributed by atoms with van der Waals surface area (Å²) in [5.41, 5.74) is 3.92. The Kier molecular flexibility index (Phi) is 4.76. The van der Waals surface area contributed by atoms with Gasteiger partial charge in [0.25, 0.3) is 0 Å². The molecule has 0 N–H and O–H groups in total. The van der Waals surface area contributed by atoms with Gasteiger partial charge in [0, 0.05) is 49.2 Å². The van der Waals surface area contributed by atoms with Crippen molar-refractivity contribution in [2.45, 2.75) is 13.3 Å². The summed E-state index contributed by atoms with van der Waals surface area (Å²) in [6, 6.07) is 9.79. The first-order chi connectivity index (χ1) is 14.5. The van der Waals surface area contributed by atoms with Crippen molar-refractivity contribution in [1.29, 1.82) is 0 Å². The molecular weight excluding hydrogens is 400 g/mol. The molecule has 7 heteroatoms. The zero-order chi connectivity index (χ0) is 20.8. The van der Waals surface area contributed by atoms with E-state index >= 15 is 0 Å². The fraction of sp³-hybridized carbons (Fsp3) is 0.304. The van der Waals surface area contributed by atoms with Crippen LogP contribution >= 0.6 is 11.6 Å². The van der Waals surface area contributed by atoms with Gasteiger partial charge in [-0.2, -0.15) is 0 Å². The molecule has 0 bridgehead atoms. The molecule has 4 aromatic rings. The number of pyridine rings is 1. The van der Waals surface area contributed by atoms with Crippen molar-refractivity contribution in [2.75, 3.05) is 38.1 Å². The molecule has 0 saturated carbocycles. The number of aryl methyl sites for hydroxylation is 1. The molecule has 30 heavy (non-hydrogen) atoms. The maximum Gasteiger partial charge on any atom is 0.345 e. The molecule has 1 saturated heterocycles. The molecule has 6 nitrogen and oxygen atoms in total. The van der Waals surface area contributed by atoms with Crippen LogP contribution in [0.3, 0.4) is 0 Å². The maximum absolute atomic E-state index is 12.8. The molecule has 4 heterocycles. The van der Waals surface area contributed by atoms with Gasteiger partial charge >= 0.3 is 5.63 Å². The lowest BCUT2D eigenvalue weighted by Gasteiger charge is -2.22. The minimum absolute atomic E-state index is 0.397. The number of likely N-dealkylation sites (N-methyl/N-ethyl adjacent to an activating group) is 1. The van der Waals surface area contributed by atoms with E-state index in [-0.39, 0.29) is 0 Å². The van der Waals surface area contributed by atoms with Crippen molar-refractivity contribution in [2.24, 2.45) is 0 Å². The number of hydrogen-bond acceptors (Lipinski definition) is 5.